The maximum absolute atomic E-state index is 9.13. The molecule has 21 heavy (non-hydrogen) atoms. The molecule has 0 bridgehead atoms. The lowest BCUT2D eigenvalue weighted by atomic mass is 10.1. The van der Waals surface area contributed by atoms with Crippen molar-refractivity contribution in [3.63, 3.8) is 0 Å². The first-order chi connectivity index (χ1) is 10.2. The fraction of sp³-hybridized carbons (Fsp3) is 0.353. The number of aryl methyl sites for hydroxylation is 1. The van der Waals surface area contributed by atoms with Crippen LogP contribution in [0.1, 0.15) is 16.9 Å². The molecule has 3 nitrogen and oxygen atoms in total. The van der Waals surface area contributed by atoms with Gasteiger partial charge >= 0.3 is 0 Å². The Bertz CT molecular complexity index is 618. The third-order valence-electron chi connectivity index (χ3n) is 3.80. The largest absolute Gasteiger partial charge is 0.396 e. The van der Waals surface area contributed by atoms with E-state index in [-0.39, 0.29) is 6.61 Å². The number of hydrogen-bond donors (Lipinski definition) is 2. The number of thiazole rings is 1. The second-order valence-corrected chi connectivity index (χ2v) is 6.66. The van der Waals surface area contributed by atoms with Crippen molar-refractivity contribution in [2.24, 2.45) is 5.92 Å². The summed E-state index contributed by atoms with van der Waals surface area (Å²) in [6, 6.07) is 8.85. The highest BCUT2D eigenvalue weighted by Gasteiger charge is 2.17. The predicted molar refractivity (Wildman–Crippen MR) is 87.2 cm³/mol. The minimum atomic E-state index is 0.243. The van der Waals surface area contributed by atoms with Gasteiger partial charge in [0.25, 0.3) is 0 Å². The molecule has 2 N–H and O–H groups in total. The molecule has 0 fully saturated rings. The van der Waals surface area contributed by atoms with Crippen molar-refractivity contribution in [2.45, 2.75) is 25.9 Å². The Kier molecular flexibility index (Phi) is 4.48. The molecule has 1 heterocycles. The number of aromatic nitrogens is 1. The van der Waals surface area contributed by atoms with Crippen LogP contribution in [0.15, 0.2) is 42.6 Å². The van der Waals surface area contributed by atoms with E-state index in [9.17, 15) is 0 Å². The molecule has 2 aromatic rings. The average molecular weight is 300 g/mol. The third-order valence-corrected chi connectivity index (χ3v) is 4.84. The highest BCUT2D eigenvalue weighted by atomic mass is 32.1. The van der Waals surface area contributed by atoms with E-state index >= 15 is 0 Å². The quantitative estimate of drug-likeness (QED) is 0.834. The van der Waals surface area contributed by atoms with Crippen LogP contribution in [0.2, 0.25) is 0 Å². The zero-order chi connectivity index (χ0) is 14.7. The van der Waals surface area contributed by atoms with Crippen molar-refractivity contribution in [1.82, 2.24) is 10.3 Å². The number of rotatable bonds is 5. The molecule has 0 unspecified atom stereocenters. The Labute approximate surface area is 129 Å². The Morgan fingerprint density at radius 1 is 1.29 bits per heavy atom. The van der Waals surface area contributed by atoms with Gasteiger partial charge in [-0.15, -0.1) is 11.3 Å². The Hall–Kier alpha value is -1.49. The zero-order valence-electron chi connectivity index (χ0n) is 12.1. The second-order valence-electron chi connectivity index (χ2n) is 5.55. The molecule has 1 aromatic heterocycles. The first-order valence-corrected chi connectivity index (χ1v) is 8.10. The monoisotopic (exact) mass is 300 g/mol. The van der Waals surface area contributed by atoms with E-state index in [1.807, 2.05) is 6.20 Å². The van der Waals surface area contributed by atoms with Crippen molar-refractivity contribution < 1.29 is 5.11 Å². The van der Waals surface area contributed by atoms with Crippen LogP contribution >= 0.6 is 11.3 Å². The smallest absolute Gasteiger partial charge is 0.123 e. The van der Waals surface area contributed by atoms with Crippen molar-refractivity contribution in [2.75, 3.05) is 6.61 Å². The van der Waals surface area contributed by atoms with Gasteiger partial charge in [-0.1, -0.05) is 42.0 Å². The number of nitrogens with zero attached hydrogens (tertiary/aromatic N) is 1. The average Bonchev–Trinajstić information content (AvgIpc) is 3.15. The maximum atomic E-state index is 9.13. The topological polar surface area (TPSA) is 45.2 Å². The van der Waals surface area contributed by atoms with Crippen molar-refractivity contribution in [1.29, 1.82) is 0 Å². The SMILES string of the molecule is Cc1ccc(-c2ncc(CN[C@@H]3C=C[C@H](CO)C3)s2)cc1. The summed E-state index contributed by atoms with van der Waals surface area (Å²) in [7, 11) is 0. The molecule has 0 amide bonds. The van der Waals surface area contributed by atoms with Gasteiger partial charge < -0.3 is 10.4 Å². The number of aliphatic hydroxyl groups excluding tert-OH is 1. The molecule has 4 heteroatoms. The molecule has 1 aliphatic rings. The molecule has 0 spiro atoms. The van der Waals surface area contributed by atoms with E-state index < -0.39 is 0 Å². The highest BCUT2D eigenvalue weighted by Crippen LogP contribution is 2.26. The van der Waals surface area contributed by atoms with Gasteiger partial charge in [0, 0.05) is 41.7 Å². The molecule has 110 valence electrons. The summed E-state index contributed by atoms with van der Waals surface area (Å²) >= 11 is 1.73. The summed E-state index contributed by atoms with van der Waals surface area (Å²) in [6.45, 7) is 3.17. The van der Waals surface area contributed by atoms with Gasteiger partial charge in [0.15, 0.2) is 0 Å². The lowest BCUT2D eigenvalue weighted by molar-refractivity contribution is 0.246. The minimum Gasteiger partial charge on any atom is -0.396 e. The van der Waals surface area contributed by atoms with Gasteiger partial charge in [-0.2, -0.15) is 0 Å². The van der Waals surface area contributed by atoms with Crippen LogP contribution in [-0.2, 0) is 6.54 Å². The Morgan fingerprint density at radius 3 is 2.81 bits per heavy atom. The first-order valence-electron chi connectivity index (χ1n) is 7.29. The Morgan fingerprint density at radius 2 is 2.10 bits per heavy atom. The van der Waals surface area contributed by atoms with E-state index in [1.165, 1.54) is 16.0 Å². The van der Waals surface area contributed by atoms with Crippen molar-refractivity contribution in [3.05, 3.63) is 53.1 Å². The summed E-state index contributed by atoms with van der Waals surface area (Å²) in [6.07, 6.45) is 7.19. The maximum Gasteiger partial charge on any atom is 0.123 e. The van der Waals surface area contributed by atoms with E-state index in [0.717, 1.165) is 18.0 Å². The van der Waals surface area contributed by atoms with E-state index in [1.54, 1.807) is 11.3 Å². The zero-order valence-corrected chi connectivity index (χ0v) is 12.9. The molecule has 0 aliphatic heterocycles. The van der Waals surface area contributed by atoms with E-state index in [0.29, 0.717) is 12.0 Å². The van der Waals surface area contributed by atoms with Crippen molar-refractivity contribution >= 4 is 11.3 Å². The number of nitrogens with one attached hydrogen (secondary N) is 1. The van der Waals surface area contributed by atoms with Gasteiger partial charge in [0.05, 0.1) is 0 Å². The minimum absolute atomic E-state index is 0.243. The van der Waals surface area contributed by atoms with Crippen LogP contribution in [0.5, 0.6) is 0 Å². The van der Waals surface area contributed by atoms with Crippen LogP contribution in [0.3, 0.4) is 0 Å². The van der Waals surface area contributed by atoms with Gasteiger partial charge in [-0.05, 0) is 13.3 Å². The number of benzene rings is 1. The second kappa shape index (κ2) is 6.52. The molecular formula is C17H20N2OS. The summed E-state index contributed by atoms with van der Waals surface area (Å²) in [5.41, 5.74) is 2.45. The first kappa shape index (κ1) is 14.4. The van der Waals surface area contributed by atoms with Gasteiger partial charge in [0.2, 0.25) is 0 Å². The fourth-order valence-electron chi connectivity index (χ4n) is 2.51. The fourth-order valence-corrected chi connectivity index (χ4v) is 3.38. The summed E-state index contributed by atoms with van der Waals surface area (Å²) < 4.78 is 0. The van der Waals surface area contributed by atoms with Crippen LogP contribution in [0, 0.1) is 12.8 Å². The third kappa shape index (κ3) is 3.59. The van der Waals surface area contributed by atoms with Gasteiger partial charge in [-0.25, -0.2) is 4.98 Å². The molecule has 0 saturated heterocycles. The van der Waals surface area contributed by atoms with Crippen LogP contribution in [-0.4, -0.2) is 22.7 Å². The van der Waals surface area contributed by atoms with Crippen LogP contribution in [0.4, 0.5) is 0 Å². The molecule has 1 aliphatic carbocycles. The molecular weight excluding hydrogens is 280 g/mol. The molecule has 1 aromatic carbocycles. The van der Waals surface area contributed by atoms with E-state index in [2.05, 4.69) is 53.6 Å². The number of hydrogen-bond acceptors (Lipinski definition) is 4. The lowest BCUT2D eigenvalue weighted by Gasteiger charge is -2.11. The molecule has 2 atom stereocenters. The summed E-state index contributed by atoms with van der Waals surface area (Å²) in [5, 5.41) is 13.7. The number of aliphatic hydroxyl groups is 1. The normalized spacial score (nSPS) is 21.0. The predicted octanol–water partition coefficient (Wildman–Crippen LogP) is 3.15. The highest BCUT2D eigenvalue weighted by molar-refractivity contribution is 7.15. The van der Waals surface area contributed by atoms with E-state index in [4.69, 9.17) is 5.11 Å². The molecule has 0 radical (unpaired) electrons. The standard InChI is InChI=1S/C17H20N2OS/c1-12-2-5-14(6-3-12)17-19-10-16(21-17)9-18-15-7-4-13(8-15)11-20/h2-7,10,13,15,18,20H,8-9,11H2,1H3/t13-,15+/m0/s1. The van der Waals surface area contributed by atoms with Crippen LogP contribution in [0.25, 0.3) is 10.6 Å². The van der Waals surface area contributed by atoms with Crippen molar-refractivity contribution in [3.8, 4) is 10.6 Å². The van der Waals surface area contributed by atoms with Gasteiger partial charge in [0.1, 0.15) is 5.01 Å². The molecule has 0 saturated carbocycles. The van der Waals surface area contributed by atoms with Crippen LogP contribution < -0.4 is 5.32 Å². The summed E-state index contributed by atoms with van der Waals surface area (Å²) in [5.74, 6) is 0.312. The molecule has 3 rings (SSSR count). The summed E-state index contributed by atoms with van der Waals surface area (Å²) in [4.78, 5) is 5.76. The Balaban J connectivity index is 1.58. The lowest BCUT2D eigenvalue weighted by Crippen LogP contribution is -2.25. The van der Waals surface area contributed by atoms with Gasteiger partial charge in [-0.3, -0.25) is 0 Å².